The zero-order valence-electron chi connectivity index (χ0n) is 14.9. The smallest absolute Gasteiger partial charge is 0.330 e. The number of esters is 1. The minimum Gasteiger partial charge on any atom is -0.497 e. The summed E-state index contributed by atoms with van der Waals surface area (Å²) in [4.78, 5) is 11.5. The van der Waals surface area contributed by atoms with Crippen LogP contribution >= 0.6 is 0 Å². The van der Waals surface area contributed by atoms with E-state index in [1.54, 1.807) is 14.0 Å². The van der Waals surface area contributed by atoms with Crippen molar-refractivity contribution in [3.8, 4) is 11.5 Å². The van der Waals surface area contributed by atoms with E-state index < -0.39 is 5.60 Å². The summed E-state index contributed by atoms with van der Waals surface area (Å²) in [5, 5.41) is 0. The van der Waals surface area contributed by atoms with Crippen LogP contribution in [-0.4, -0.2) is 25.3 Å². The van der Waals surface area contributed by atoms with Crippen molar-refractivity contribution in [1.29, 1.82) is 0 Å². The fourth-order valence-electron chi connectivity index (χ4n) is 2.49. The molecule has 0 aromatic heterocycles. The second-order valence-corrected chi connectivity index (χ2v) is 6.14. The van der Waals surface area contributed by atoms with Crippen molar-refractivity contribution in [3.63, 3.8) is 0 Å². The molecule has 24 heavy (non-hydrogen) atoms. The van der Waals surface area contributed by atoms with Crippen LogP contribution in [-0.2, 0) is 9.53 Å². The lowest BCUT2D eigenvalue weighted by Gasteiger charge is -2.30. The predicted molar refractivity (Wildman–Crippen MR) is 95.2 cm³/mol. The zero-order chi connectivity index (χ0) is 17.7. The van der Waals surface area contributed by atoms with Crippen LogP contribution in [0.25, 0.3) is 5.57 Å². The third-order valence-electron chi connectivity index (χ3n) is 3.53. The number of benzene rings is 1. The summed E-state index contributed by atoms with van der Waals surface area (Å²) in [6.07, 6.45) is 7.44. The normalized spacial score (nSPS) is 16.2. The van der Waals surface area contributed by atoms with E-state index in [1.807, 2.05) is 51.1 Å². The predicted octanol–water partition coefficient (Wildman–Crippen LogP) is 4.32. The average Bonchev–Trinajstić information content (AvgIpc) is 2.51. The molecule has 2 rings (SSSR count). The van der Waals surface area contributed by atoms with Gasteiger partial charge in [-0.15, -0.1) is 0 Å². The second-order valence-electron chi connectivity index (χ2n) is 6.14. The van der Waals surface area contributed by atoms with Gasteiger partial charge in [-0.2, -0.15) is 0 Å². The monoisotopic (exact) mass is 328 g/mol. The molecule has 0 saturated heterocycles. The zero-order valence-corrected chi connectivity index (χ0v) is 14.9. The molecule has 0 saturated carbocycles. The Balaban J connectivity index is 2.30. The molecule has 1 aromatic carbocycles. The first kappa shape index (κ1) is 17.9. The Morgan fingerprint density at radius 1 is 1.33 bits per heavy atom. The highest BCUT2D eigenvalue weighted by molar-refractivity contribution is 5.84. The third-order valence-corrected chi connectivity index (χ3v) is 3.53. The van der Waals surface area contributed by atoms with Gasteiger partial charge < -0.3 is 14.2 Å². The third kappa shape index (κ3) is 4.51. The van der Waals surface area contributed by atoms with Crippen LogP contribution in [0.4, 0.5) is 0 Å². The van der Waals surface area contributed by atoms with Crippen molar-refractivity contribution >= 4 is 11.5 Å². The van der Waals surface area contributed by atoms with Gasteiger partial charge in [0.2, 0.25) is 0 Å². The van der Waals surface area contributed by atoms with E-state index in [9.17, 15) is 4.79 Å². The Bertz CT molecular complexity index is 708. The Morgan fingerprint density at radius 2 is 2.08 bits per heavy atom. The van der Waals surface area contributed by atoms with Crippen molar-refractivity contribution in [1.82, 2.24) is 0 Å². The van der Waals surface area contributed by atoms with Gasteiger partial charge in [0.1, 0.15) is 17.1 Å². The number of carbonyl (C=O) groups excluding carboxylic acids is 1. The van der Waals surface area contributed by atoms with Gasteiger partial charge in [-0.25, -0.2) is 4.79 Å². The average molecular weight is 328 g/mol. The van der Waals surface area contributed by atoms with Gasteiger partial charge >= 0.3 is 5.97 Å². The summed E-state index contributed by atoms with van der Waals surface area (Å²) in [5.74, 6) is 1.22. The molecule has 1 aliphatic heterocycles. The van der Waals surface area contributed by atoms with Gasteiger partial charge in [-0.05, 0) is 57.0 Å². The van der Waals surface area contributed by atoms with Crippen LogP contribution in [0.15, 0.2) is 48.1 Å². The summed E-state index contributed by atoms with van der Waals surface area (Å²) in [6, 6.07) is 5.77. The molecule has 4 nitrogen and oxygen atoms in total. The Kier molecular flexibility index (Phi) is 5.50. The molecule has 0 atom stereocenters. The van der Waals surface area contributed by atoms with Crippen molar-refractivity contribution in [3.05, 3.63) is 53.6 Å². The number of hydrogen-bond acceptors (Lipinski definition) is 4. The van der Waals surface area contributed by atoms with Crippen LogP contribution in [0, 0.1) is 0 Å². The molecule has 0 bridgehead atoms. The lowest BCUT2D eigenvalue weighted by atomic mass is 9.94. The molecule has 0 radical (unpaired) electrons. The number of rotatable bonds is 5. The fourth-order valence-corrected chi connectivity index (χ4v) is 2.49. The van der Waals surface area contributed by atoms with Crippen LogP contribution in [0.1, 0.15) is 33.3 Å². The number of hydrogen-bond donors (Lipinski definition) is 0. The number of carbonyl (C=O) groups is 1. The first-order chi connectivity index (χ1) is 11.3. The molecule has 0 fully saturated rings. The SMILES string of the molecule is CCOC(=O)C=C(C)C=CC1=CC(C)(C)Oc2cc(OC)ccc21. The minimum atomic E-state index is -0.419. The van der Waals surface area contributed by atoms with E-state index in [0.717, 1.165) is 28.2 Å². The maximum Gasteiger partial charge on any atom is 0.330 e. The molecular weight excluding hydrogens is 304 g/mol. The van der Waals surface area contributed by atoms with Crippen molar-refractivity contribution < 1.29 is 19.0 Å². The Morgan fingerprint density at radius 3 is 2.75 bits per heavy atom. The van der Waals surface area contributed by atoms with Crippen molar-refractivity contribution in [2.45, 2.75) is 33.3 Å². The van der Waals surface area contributed by atoms with Gasteiger partial charge in [-0.3, -0.25) is 0 Å². The summed E-state index contributed by atoms with van der Waals surface area (Å²) in [5.41, 5.74) is 2.45. The van der Waals surface area contributed by atoms with Gasteiger partial charge in [-0.1, -0.05) is 12.2 Å². The van der Waals surface area contributed by atoms with E-state index in [2.05, 4.69) is 6.08 Å². The maximum absolute atomic E-state index is 11.5. The van der Waals surface area contributed by atoms with Crippen molar-refractivity contribution in [2.24, 2.45) is 0 Å². The van der Waals surface area contributed by atoms with Gasteiger partial charge in [0, 0.05) is 17.7 Å². The van der Waals surface area contributed by atoms with Crippen LogP contribution in [0.5, 0.6) is 11.5 Å². The number of allylic oxidation sites excluding steroid dienone is 4. The first-order valence-electron chi connectivity index (χ1n) is 7.98. The Hall–Kier alpha value is -2.49. The molecule has 0 unspecified atom stereocenters. The lowest BCUT2D eigenvalue weighted by molar-refractivity contribution is -0.137. The minimum absolute atomic E-state index is 0.328. The van der Waals surface area contributed by atoms with Gasteiger partial charge in [0.05, 0.1) is 13.7 Å². The van der Waals surface area contributed by atoms with Crippen LogP contribution < -0.4 is 9.47 Å². The highest BCUT2D eigenvalue weighted by Crippen LogP contribution is 2.38. The Labute approximate surface area is 143 Å². The highest BCUT2D eigenvalue weighted by Gasteiger charge is 2.25. The quantitative estimate of drug-likeness (QED) is 0.459. The largest absolute Gasteiger partial charge is 0.497 e. The molecule has 0 amide bonds. The molecule has 0 N–H and O–H groups in total. The molecule has 0 spiro atoms. The van der Waals surface area contributed by atoms with E-state index in [4.69, 9.17) is 14.2 Å². The van der Waals surface area contributed by atoms with Crippen LogP contribution in [0.3, 0.4) is 0 Å². The van der Waals surface area contributed by atoms with E-state index in [0.29, 0.717) is 6.61 Å². The molecule has 4 heteroatoms. The summed E-state index contributed by atoms with van der Waals surface area (Å²) < 4.78 is 16.2. The van der Waals surface area contributed by atoms with Gasteiger partial charge in [0.15, 0.2) is 0 Å². The van der Waals surface area contributed by atoms with Crippen LogP contribution in [0.2, 0.25) is 0 Å². The van der Waals surface area contributed by atoms with E-state index in [-0.39, 0.29) is 5.97 Å². The standard InChI is InChI=1S/C20H24O4/c1-6-23-19(21)11-14(2)7-8-15-13-20(3,4)24-18-12-16(22-5)9-10-17(15)18/h7-13H,6H2,1-5H3. The summed E-state index contributed by atoms with van der Waals surface area (Å²) >= 11 is 0. The second kappa shape index (κ2) is 7.39. The number of methoxy groups -OCH3 is 1. The molecule has 0 aliphatic carbocycles. The first-order valence-corrected chi connectivity index (χ1v) is 7.98. The summed E-state index contributed by atoms with van der Waals surface area (Å²) in [6.45, 7) is 8.04. The number of fused-ring (bicyclic) bond motifs is 1. The number of ether oxygens (including phenoxy) is 3. The molecular formula is C20H24O4. The van der Waals surface area contributed by atoms with Crippen molar-refractivity contribution in [2.75, 3.05) is 13.7 Å². The molecule has 1 heterocycles. The fraction of sp³-hybridized carbons (Fsp3) is 0.350. The molecule has 1 aromatic rings. The lowest BCUT2D eigenvalue weighted by Crippen LogP contribution is -2.28. The molecule has 128 valence electrons. The molecule has 1 aliphatic rings. The van der Waals surface area contributed by atoms with E-state index in [1.165, 1.54) is 6.08 Å². The van der Waals surface area contributed by atoms with E-state index >= 15 is 0 Å². The highest BCUT2D eigenvalue weighted by atomic mass is 16.5. The summed E-state index contributed by atoms with van der Waals surface area (Å²) in [7, 11) is 1.63. The topological polar surface area (TPSA) is 44.8 Å². The maximum atomic E-state index is 11.5. The van der Waals surface area contributed by atoms with Gasteiger partial charge in [0.25, 0.3) is 0 Å².